The Labute approximate surface area is 126 Å². The average Bonchev–Trinajstić information content (AvgIpc) is 2.42. The molecule has 2 N–H and O–H groups in total. The summed E-state index contributed by atoms with van der Waals surface area (Å²) in [4.78, 5) is 0. The first-order chi connectivity index (χ1) is 9.42. The maximum Gasteiger partial charge on any atom is 0.127 e. The molecule has 4 heteroatoms. The van der Waals surface area contributed by atoms with Crippen LogP contribution in [0, 0.1) is 5.82 Å². The van der Waals surface area contributed by atoms with Crippen molar-refractivity contribution in [1.29, 1.82) is 0 Å². The molecule has 1 atom stereocenters. The first-order valence-corrected chi connectivity index (χ1v) is 7.09. The molecule has 2 aromatic rings. The Morgan fingerprint density at radius 1 is 1.20 bits per heavy atom. The van der Waals surface area contributed by atoms with Crippen molar-refractivity contribution in [2.75, 3.05) is 7.11 Å². The van der Waals surface area contributed by atoms with Crippen LogP contribution in [0.1, 0.15) is 18.1 Å². The van der Waals surface area contributed by atoms with E-state index in [1.54, 1.807) is 13.2 Å². The number of rotatable bonds is 4. The number of methoxy groups -OCH3 is 1. The Morgan fingerprint density at radius 2 is 1.85 bits per heavy atom. The molecule has 2 rings (SSSR count). The average molecular weight is 338 g/mol. The van der Waals surface area contributed by atoms with Crippen molar-refractivity contribution < 1.29 is 9.13 Å². The SMILES string of the molecule is COc1ccc(C(C)(N)Cc2ccc(Br)cc2F)cc1. The molecule has 0 saturated carbocycles. The number of halogens is 2. The van der Waals surface area contributed by atoms with Gasteiger partial charge in [0, 0.05) is 10.0 Å². The van der Waals surface area contributed by atoms with Crippen molar-refractivity contribution in [2.24, 2.45) is 5.73 Å². The molecule has 0 saturated heterocycles. The van der Waals surface area contributed by atoms with E-state index in [2.05, 4.69) is 15.9 Å². The van der Waals surface area contributed by atoms with Crippen molar-refractivity contribution in [3.8, 4) is 5.75 Å². The van der Waals surface area contributed by atoms with Crippen molar-refractivity contribution in [3.05, 3.63) is 63.9 Å². The molecule has 0 aliphatic carbocycles. The molecule has 0 heterocycles. The zero-order valence-corrected chi connectivity index (χ0v) is 13.1. The van der Waals surface area contributed by atoms with Crippen LogP contribution in [0.3, 0.4) is 0 Å². The molecule has 0 radical (unpaired) electrons. The molecule has 1 unspecified atom stereocenters. The van der Waals surface area contributed by atoms with Gasteiger partial charge < -0.3 is 10.5 Å². The first-order valence-electron chi connectivity index (χ1n) is 6.30. The van der Waals surface area contributed by atoms with Gasteiger partial charge >= 0.3 is 0 Å². The first kappa shape index (κ1) is 15.0. The molecule has 0 amide bonds. The second kappa shape index (κ2) is 5.94. The third-order valence-corrected chi connectivity index (χ3v) is 3.82. The Balaban J connectivity index is 2.25. The van der Waals surface area contributed by atoms with Crippen molar-refractivity contribution in [1.82, 2.24) is 0 Å². The molecule has 0 aromatic heterocycles. The van der Waals surface area contributed by atoms with Gasteiger partial charge in [-0.05, 0) is 48.7 Å². The molecule has 2 nitrogen and oxygen atoms in total. The molecule has 0 fully saturated rings. The summed E-state index contributed by atoms with van der Waals surface area (Å²) in [5.41, 5.74) is 7.26. The van der Waals surface area contributed by atoms with Gasteiger partial charge in [0.05, 0.1) is 7.11 Å². The number of benzene rings is 2. The number of ether oxygens (including phenoxy) is 1. The highest BCUT2D eigenvalue weighted by Crippen LogP contribution is 2.26. The van der Waals surface area contributed by atoms with Crippen molar-refractivity contribution >= 4 is 15.9 Å². The lowest BCUT2D eigenvalue weighted by Gasteiger charge is -2.26. The molecular formula is C16H17BrFNO. The number of hydrogen-bond donors (Lipinski definition) is 1. The van der Waals surface area contributed by atoms with E-state index in [0.29, 0.717) is 12.0 Å². The Bertz CT molecular complexity index is 596. The predicted molar refractivity (Wildman–Crippen MR) is 82.3 cm³/mol. The van der Waals surface area contributed by atoms with Gasteiger partial charge in [-0.25, -0.2) is 4.39 Å². The second-order valence-corrected chi connectivity index (χ2v) is 5.97. The van der Waals surface area contributed by atoms with Gasteiger partial charge in [0.25, 0.3) is 0 Å². The molecule has 106 valence electrons. The summed E-state index contributed by atoms with van der Waals surface area (Å²) in [5, 5.41) is 0. The van der Waals surface area contributed by atoms with Gasteiger partial charge in [0.2, 0.25) is 0 Å². The van der Waals surface area contributed by atoms with E-state index in [9.17, 15) is 4.39 Å². The quantitative estimate of drug-likeness (QED) is 0.914. The lowest BCUT2D eigenvalue weighted by atomic mass is 9.86. The number of nitrogens with two attached hydrogens (primary N) is 1. The summed E-state index contributed by atoms with van der Waals surface area (Å²) in [7, 11) is 1.62. The Kier molecular flexibility index (Phi) is 4.45. The van der Waals surface area contributed by atoms with E-state index in [1.165, 1.54) is 6.07 Å². The fraction of sp³-hybridized carbons (Fsp3) is 0.250. The van der Waals surface area contributed by atoms with E-state index >= 15 is 0 Å². The summed E-state index contributed by atoms with van der Waals surface area (Å²) in [5.74, 6) is 0.531. The van der Waals surface area contributed by atoms with Crippen LogP contribution in [0.2, 0.25) is 0 Å². The maximum absolute atomic E-state index is 13.9. The van der Waals surface area contributed by atoms with Crippen molar-refractivity contribution in [3.63, 3.8) is 0 Å². The fourth-order valence-corrected chi connectivity index (χ4v) is 2.47. The van der Waals surface area contributed by atoms with Crippen LogP contribution in [0.15, 0.2) is 46.9 Å². The predicted octanol–water partition coefficient (Wildman–Crippen LogP) is 4.01. The smallest absolute Gasteiger partial charge is 0.127 e. The summed E-state index contributed by atoms with van der Waals surface area (Å²) in [6, 6.07) is 12.6. The van der Waals surface area contributed by atoms with Gasteiger partial charge in [-0.15, -0.1) is 0 Å². The van der Waals surface area contributed by atoms with Crippen LogP contribution >= 0.6 is 15.9 Å². The normalized spacial score (nSPS) is 13.8. The molecule has 0 spiro atoms. The largest absolute Gasteiger partial charge is 0.497 e. The second-order valence-electron chi connectivity index (χ2n) is 5.06. The molecular weight excluding hydrogens is 321 g/mol. The topological polar surface area (TPSA) is 35.2 Å². The molecule has 2 aromatic carbocycles. The minimum atomic E-state index is -0.638. The van der Waals surface area contributed by atoms with Gasteiger partial charge in [0.1, 0.15) is 11.6 Å². The van der Waals surface area contributed by atoms with E-state index < -0.39 is 5.54 Å². The summed E-state index contributed by atoms with van der Waals surface area (Å²) >= 11 is 3.25. The molecule has 0 aliphatic heterocycles. The Hall–Kier alpha value is -1.39. The van der Waals surface area contributed by atoms with Gasteiger partial charge in [0.15, 0.2) is 0 Å². The molecule has 0 aliphatic rings. The minimum absolute atomic E-state index is 0.246. The van der Waals surface area contributed by atoms with Crippen LogP contribution in [-0.2, 0) is 12.0 Å². The van der Waals surface area contributed by atoms with Crippen LogP contribution in [0.4, 0.5) is 4.39 Å². The van der Waals surface area contributed by atoms with Crippen molar-refractivity contribution in [2.45, 2.75) is 18.9 Å². The maximum atomic E-state index is 13.9. The van der Waals surface area contributed by atoms with E-state index in [4.69, 9.17) is 10.5 Å². The lowest BCUT2D eigenvalue weighted by Crippen LogP contribution is -2.35. The van der Waals surface area contributed by atoms with Gasteiger partial charge in [-0.1, -0.05) is 34.1 Å². The molecule has 0 bridgehead atoms. The molecule has 20 heavy (non-hydrogen) atoms. The van der Waals surface area contributed by atoms with Crippen LogP contribution in [-0.4, -0.2) is 7.11 Å². The highest BCUT2D eigenvalue weighted by Gasteiger charge is 2.23. The monoisotopic (exact) mass is 337 g/mol. The van der Waals surface area contributed by atoms with E-state index in [-0.39, 0.29) is 5.82 Å². The van der Waals surface area contributed by atoms with E-state index in [0.717, 1.165) is 15.8 Å². The summed E-state index contributed by atoms with van der Waals surface area (Å²) in [6.07, 6.45) is 0.429. The lowest BCUT2D eigenvalue weighted by molar-refractivity contribution is 0.413. The third-order valence-electron chi connectivity index (χ3n) is 3.32. The summed E-state index contributed by atoms with van der Waals surface area (Å²) in [6.45, 7) is 1.90. The third kappa shape index (κ3) is 3.38. The van der Waals surface area contributed by atoms with Gasteiger partial charge in [-0.3, -0.25) is 0 Å². The minimum Gasteiger partial charge on any atom is -0.497 e. The van der Waals surface area contributed by atoms with Crippen LogP contribution in [0.25, 0.3) is 0 Å². The van der Waals surface area contributed by atoms with E-state index in [1.807, 2.05) is 37.3 Å². The highest BCUT2D eigenvalue weighted by molar-refractivity contribution is 9.10. The highest BCUT2D eigenvalue weighted by atomic mass is 79.9. The van der Waals surface area contributed by atoms with Gasteiger partial charge in [-0.2, -0.15) is 0 Å². The zero-order chi connectivity index (χ0) is 14.8. The fourth-order valence-electron chi connectivity index (χ4n) is 2.13. The Morgan fingerprint density at radius 3 is 2.40 bits per heavy atom. The number of hydrogen-bond acceptors (Lipinski definition) is 2. The summed E-state index contributed by atoms with van der Waals surface area (Å²) < 4.78 is 19.8. The standard InChI is InChI=1S/C16H17BrFNO/c1-16(19,12-4-7-14(20-2)8-5-12)10-11-3-6-13(17)9-15(11)18/h3-9H,10,19H2,1-2H3. The van der Waals surface area contributed by atoms with Crippen LogP contribution < -0.4 is 10.5 Å². The zero-order valence-electron chi connectivity index (χ0n) is 11.5. The van der Waals surface area contributed by atoms with Crippen LogP contribution in [0.5, 0.6) is 5.75 Å².